The number of aliphatic carboxylic acids is 1. The van der Waals surface area contributed by atoms with Crippen molar-refractivity contribution in [3.8, 4) is 0 Å². The first-order chi connectivity index (χ1) is 10.0. The Labute approximate surface area is 127 Å². The quantitative estimate of drug-likeness (QED) is 0.862. The van der Waals surface area contributed by atoms with Gasteiger partial charge < -0.3 is 10.8 Å². The van der Waals surface area contributed by atoms with Gasteiger partial charge in [-0.3, -0.25) is 4.79 Å². The molecule has 0 amide bonds. The molecule has 3 nitrogen and oxygen atoms in total. The number of carboxylic acid groups (broad SMARTS) is 1. The number of carboxylic acids is 1. The van der Waals surface area contributed by atoms with Gasteiger partial charge in [0.2, 0.25) is 0 Å². The van der Waals surface area contributed by atoms with E-state index in [-0.39, 0.29) is 13.0 Å². The molecule has 2 aromatic rings. The summed E-state index contributed by atoms with van der Waals surface area (Å²) in [5.41, 5.74) is 4.89. The molecule has 0 saturated carbocycles. The minimum Gasteiger partial charge on any atom is -0.481 e. The van der Waals surface area contributed by atoms with Crippen molar-refractivity contribution in [1.29, 1.82) is 0 Å². The van der Waals surface area contributed by atoms with Crippen LogP contribution in [-0.2, 0) is 23.1 Å². The predicted octanol–water partition coefficient (Wildman–Crippen LogP) is 2.97. The molecule has 0 saturated heterocycles. The normalized spacial score (nSPS) is 13.9. The van der Waals surface area contributed by atoms with Crippen LogP contribution in [0.1, 0.15) is 22.2 Å². The van der Waals surface area contributed by atoms with Crippen LogP contribution in [0.4, 0.5) is 4.39 Å². The van der Waals surface area contributed by atoms with Crippen LogP contribution in [0.2, 0.25) is 0 Å². The smallest absolute Gasteiger partial charge is 0.315 e. The molecule has 1 unspecified atom stereocenters. The molecular weight excluding hydrogens is 289 g/mol. The van der Waals surface area contributed by atoms with Crippen molar-refractivity contribution in [1.82, 2.24) is 0 Å². The number of benzene rings is 1. The van der Waals surface area contributed by atoms with Gasteiger partial charge in [-0.15, -0.1) is 11.3 Å². The van der Waals surface area contributed by atoms with Gasteiger partial charge in [0.15, 0.2) is 0 Å². The molecule has 0 bridgehead atoms. The van der Waals surface area contributed by atoms with Crippen LogP contribution in [0.5, 0.6) is 0 Å². The first kappa shape index (κ1) is 15.7. The summed E-state index contributed by atoms with van der Waals surface area (Å²) in [6.07, 6.45) is 1.18. The Morgan fingerprint density at radius 1 is 1.33 bits per heavy atom. The number of aryl methyl sites for hydroxylation is 1. The Kier molecular flexibility index (Phi) is 4.75. The number of halogens is 1. The molecule has 0 spiro atoms. The van der Waals surface area contributed by atoms with Gasteiger partial charge in [0, 0.05) is 22.7 Å². The van der Waals surface area contributed by atoms with E-state index in [9.17, 15) is 14.3 Å². The number of thiophene rings is 1. The Morgan fingerprint density at radius 2 is 2.05 bits per heavy atom. The fraction of sp³-hybridized carbons (Fsp3) is 0.312. The third-order valence-corrected chi connectivity index (χ3v) is 4.91. The highest BCUT2D eigenvalue weighted by molar-refractivity contribution is 7.12. The fourth-order valence-electron chi connectivity index (χ4n) is 2.37. The second kappa shape index (κ2) is 6.37. The van der Waals surface area contributed by atoms with E-state index >= 15 is 0 Å². The second-order valence-electron chi connectivity index (χ2n) is 5.00. The second-order valence-corrected chi connectivity index (χ2v) is 6.25. The summed E-state index contributed by atoms with van der Waals surface area (Å²) in [5.74, 6) is -1.48. The van der Waals surface area contributed by atoms with E-state index in [4.69, 9.17) is 5.73 Å². The Hall–Kier alpha value is -1.72. The summed E-state index contributed by atoms with van der Waals surface area (Å²) in [4.78, 5) is 14.0. The van der Waals surface area contributed by atoms with E-state index in [2.05, 4.69) is 6.92 Å². The average molecular weight is 307 g/mol. The van der Waals surface area contributed by atoms with Crippen molar-refractivity contribution in [2.24, 2.45) is 5.73 Å². The summed E-state index contributed by atoms with van der Waals surface area (Å²) >= 11 is 1.58. The first-order valence-corrected chi connectivity index (χ1v) is 7.60. The Bertz CT molecular complexity index is 641. The number of nitrogens with two attached hydrogens (primary N) is 1. The van der Waals surface area contributed by atoms with Gasteiger partial charge in [-0.2, -0.15) is 0 Å². The number of hydrogen-bond acceptors (Lipinski definition) is 3. The average Bonchev–Trinajstić information content (AvgIpc) is 2.92. The zero-order valence-corrected chi connectivity index (χ0v) is 12.6. The Morgan fingerprint density at radius 3 is 2.57 bits per heavy atom. The van der Waals surface area contributed by atoms with Gasteiger partial charge in [-0.05, 0) is 36.2 Å². The lowest BCUT2D eigenvalue weighted by Gasteiger charge is -2.28. The highest BCUT2D eigenvalue weighted by Crippen LogP contribution is 2.31. The molecule has 5 heteroatoms. The number of carbonyl (C=O) groups is 1. The van der Waals surface area contributed by atoms with Gasteiger partial charge in [0.25, 0.3) is 0 Å². The maximum atomic E-state index is 13.5. The molecule has 21 heavy (non-hydrogen) atoms. The minimum absolute atomic E-state index is 0.0782. The molecule has 112 valence electrons. The summed E-state index contributed by atoms with van der Waals surface area (Å²) in [6, 6.07) is 9.62. The molecule has 0 aliphatic heterocycles. The van der Waals surface area contributed by atoms with E-state index in [1.165, 1.54) is 23.1 Å². The molecule has 1 heterocycles. The maximum absolute atomic E-state index is 13.5. The number of hydrogen-bond donors (Lipinski definition) is 2. The summed E-state index contributed by atoms with van der Waals surface area (Å²) in [6.45, 7) is 1.97. The van der Waals surface area contributed by atoms with Crippen LogP contribution in [0, 0.1) is 5.82 Å². The highest BCUT2D eigenvalue weighted by atomic mass is 32.1. The molecule has 1 atom stereocenters. The summed E-state index contributed by atoms with van der Waals surface area (Å²) in [5, 5.41) is 9.70. The molecule has 1 aromatic carbocycles. The zero-order valence-electron chi connectivity index (χ0n) is 11.8. The topological polar surface area (TPSA) is 63.3 Å². The Balaban J connectivity index is 2.44. The van der Waals surface area contributed by atoms with E-state index < -0.39 is 17.2 Å². The van der Waals surface area contributed by atoms with Crippen LogP contribution in [0.15, 0.2) is 36.4 Å². The van der Waals surface area contributed by atoms with Gasteiger partial charge in [0.1, 0.15) is 11.2 Å². The largest absolute Gasteiger partial charge is 0.481 e. The SMILES string of the molecule is CCc1ccc(CC(CN)(C(=O)O)c2cccc(F)c2)s1. The molecule has 0 radical (unpaired) electrons. The lowest BCUT2D eigenvalue weighted by atomic mass is 9.77. The van der Waals surface area contributed by atoms with Crippen molar-refractivity contribution in [3.05, 3.63) is 57.5 Å². The maximum Gasteiger partial charge on any atom is 0.315 e. The van der Waals surface area contributed by atoms with Crippen LogP contribution in [-0.4, -0.2) is 17.6 Å². The zero-order chi connectivity index (χ0) is 15.5. The van der Waals surface area contributed by atoms with Crippen LogP contribution >= 0.6 is 11.3 Å². The van der Waals surface area contributed by atoms with Crippen LogP contribution in [0.3, 0.4) is 0 Å². The van der Waals surface area contributed by atoms with Gasteiger partial charge in [0.05, 0.1) is 0 Å². The fourth-order valence-corrected chi connectivity index (χ4v) is 3.44. The van der Waals surface area contributed by atoms with Crippen molar-refractivity contribution in [3.63, 3.8) is 0 Å². The molecular formula is C16H18FNO2S. The first-order valence-electron chi connectivity index (χ1n) is 6.79. The van der Waals surface area contributed by atoms with Crippen molar-refractivity contribution in [2.75, 3.05) is 6.54 Å². The van der Waals surface area contributed by atoms with Crippen molar-refractivity contribution in [2.45, 2.75) is 25.2 Å². The van der Waals surface area contributed by atoms with Crippen molar-refractivity contribution >= 4 is 17.3 Å². The third-order valence-electron chi connectivity index (χ3n) is 3.68. The van der Waals surface area contributed by atoms with E-state index in [0.29, 0.717) is 5.56 Å². The van der Waals surface area contributed by atoms with Gasteiger partial charge >= 0.3 is 5.97 Å². The van der Waals surface area contributed by atoms with Crippen LogP contribution in [0.25, 0.3) is 0 Å². The molecule has 0 aliphatic rings. The summed E-state index contributed by atoms with van der Waals surface area (Å²) in [7, 11) is 0. The highest BCUT2D eigenvalue weighted by Gasteiger charge is 2.40. The van der Waals surface area contributed by atoms with Crippen LogP contribution < -0.4 is 5.73 Å². The molecule has 0 aliphatic carbocycles. The molecule has 1 aromatic heterocycles. The third kappa shape index (κ3) is 3.14. The van der Waals surface area contributed by atoms with E-state index in [1.807, 2.05) is 12.1 Å². The standard InChI is InChI=1S/C16H18FNO2S/c1-2-13-6-7-14(21-13)9-16(10-18,15(19)20)11-4-3-5-12(17)8-11/h3-8H,2,9-10,18H2,1H3,(H,19,20). The van der Waals surface area contributed by atoms with Crippen molar-refractivity contribution < 1.29 is 14.3 Å². The molecule has 2 rings (SSSR count). The molecule has 3 N–H and O–H groups in total. The minimum atomic E-state index is -1.29. The number of rotatable bonds is 6. The molecule has 0 fully saturated rings. The van der Waals surface area contributed by atoms with E-state index in [1.54, 1.807) is 17.4 Å². The summed E-state index contributed by atoms with van der Waals surface area (Å²) < 4.78 is 13.5. The lowest BCUT2D eigenvalue weighted by molar-refractivity contribution is -0.143. The lowest BCUT2D eigenvalue weighted by Crippen LogP contribution is -2.44. The van der Waals surface area contributed by atoms with E-state index in [0.717, 1.165) is 11.3 Å². The monoisotopic (exact) mass is 307 g/mol. The predicted molar refractivity (Wildman–Crippen MR) is 82.2 cm³/mol. The van der Waals surface area contributed by atoms with Gasteiger partial charge in [-0.1, -0.05) is 19.1 Å². The van der Waals surface area contributed by atoms with Gasteiger partial charge in [-0.25, -0.2) is 4.39 Å².